The molecule has 2 amide bonds. The number of anilines is 2. The van der Waals surface area contributed by atoms with Crippen molar-refractivity contribution in [2.24, 2.45) is 0 Å². The maximum Gasteiger partial charge on any atom is 0.416 e. The molecular weight excluding hydrogens is 519 g/mol. The largest absolute Gasteiger partial charge is 0.416 e. The Hall–Kier alpha value is -3.41. The number of carbonyl (C=O) groups is 1. The lowest BCUT2D eigenvalue weighted by Gasteiger charge is -2.27. The second-order valence-electron chi connectivity index (χ2n) is 9.47. The summed E-state index contributed by atoms with van der Waals surface area (Å²) >= 11 is 0. The molecule has 3 aromatic carbocycles. The standard InChI is InChI=1S/C27H26F3N3O4S/c28-27(29,30)20-8-3-9-21(13-20)31-26(34)32-25-14-23(38(35,36)33-22-15-37-16-22)10-11-24(25)19-7-2-6-18(12-19)17-4-1-5-17/h2-3,6-14,17,22,33H,1,4-5,15-16H2,(H2,31,32,34). The lowest BCUT2D eigenvalue weighted by molar-refractivity contribution is -0.137. The average molecular weight is 546 g/mol. The molecule has 1 saturated heterocycles. The Bertz CT molecular complexity index is 1450. The fourth-order valence-corrected chi connectivity index (χ4v) is 5.63. The smallest absolute Gasteiger partial charge is 0.378 e. The first kappa shape index (κ1) is 26.2. The normalized spacial score (nSPS) is 16.4. The zero-order chi connectivity index (χ0) is 26.9. The first-order valence-electron chi connectivity index (χ1n) is 12.2. The topological polar surface area (TPSA) is 96.5 Å². The van der Waals surface area contributed by atoms with Crippen molar-refractivity contribution in [3.8, 4) is 11.1 Å². The van der Waals surface area contributed by atoms with Crippen molar-refractivity contribution in [1.82, 2.24) is 4.72 Å². The summed E-state index contributed by atoms with van der Waals surface area (Å²) in [5.74, 6) is 0.462. The van der Waals surface area contributed by atoms with Crippen molar-refractivity contribution >= 4 is 27.4 Å². The molecule has 3 N–H and O–H groups in total. The molecule has 1 heterocycles. The van der Waals surface area contributed by atoms with Gasteiger partial charge in [0, 0.05) is 11.3 Å². The van der Waals surface area contributed by atoms with Crippen LogP contribution in [0.3, 0.4) is 0 Å². The fraction of sp³-hybridized carbons (Fsp3) is 0.296. The zero-order valence-corrected chi connectivity index (χ0v) is 21.0. The molecule has 1 aliphatic carbocycles. The summed E-state index contributed by atoms with van der Waals surface area (Å²) in [4.78, 5) is 12.8. The molecular formula is C27H26F3N3O4S. The SMILES string of the molecule is O=C(Nc1cccc(C(F)(F)F)c1)Nc1cc(S(=O)(=O)NC2COC2)ccc1-c1cccc(C2CCC2)c1. The summed E-state index contributed by atoms with van der Waals surface area (Å²) in [5.41, 5.74) is 1.78. The number of alkyl halides is 3. The van der Waals surface area contributed by atoms with E-state index in [1.807, 2.05) is 24.3 Å². The molecule has 0 radical (unpaired) electrons. The Balaban J connectivity index is 1.46. The molecule has 38 heavy (non-hydrogen) atoms. The number of hydrogen-bond donors (Lipinski definition) is 3. The van der Waals surface area contributed by atoms with Gasteiger partial charge in [0.05, 0.1) is 35.4 Å². The molecule has 11 heteroatoms. The van der Waals surface area contributed by atoms with Crippen molar-refractivity contribution in [2.75, 3.05) is 23.8 Å². The molecule has 1 aliphatic heterocycles. The van der Waals surface area contributed by atoms with Gasteiger partial charge in [-0.05, 0) is 60.2 Å². The summed E-state index contributed by atoms with van der Waals surface area (Å²) in [6.07, 6.45) is -1.19. The number of sulfonamides is 1. The van der Waals surface area contributed by atoms with Gasteiger partial charge in [0.25, 0.3) is 0 Å². The molecule has 0 aromatic heterocycles. The van der Waals surface area contributed by atoms with E-state index in [0.29, 0.717) is 11.5 Å². The van der Waals surface area contributed by atoms with Crippen molar-refractivity contribution in [1.29, 1.82) is 0 Å². The molecule has 5 rings (SSSR count). The van der Waals surface area contributed by atoms with E-state index >= 15 is 0 Å². The van der Waals surface area contributed by atoms with Crippen LogP contribution in [-0.4, -0.2) is 33.7 Å². The molecule has 7 nitrogen and oxygen atoms in total. The van der Waals surface area contributed by atoms with Crippen LogP contribution in [-0.2, 0) is 20.9 Å². The Morgan fingerprint density at radius 3 is 2.34 bits per heavy atom. The van der Waals surface area contributed by atoms with Crippen LogP contribution in [0.25, 0.3) is 11.1 Å². The second kappa shape index (κ2) is 10.4. The minimum atomic E-state index is -4.56. The van der Waals surface area contributed by atoms with Crippen LogP contribution in [0.2, 0.25) is 0 Å². The Labute approximate surface area is 218 Å². The van der Waals surface area contributed by atoms with Gasteiger partial charge in [-0.3, -0.25) is 0 Å². The Morgan fingerprint density at radius 1 is 0.921 bits per heavy atom. The van der Waals surface area contributed by atoms with Crippen LogP contribution < -0.4 is 15.4 Å². The van der Waals surface area contributed by atoms with Gasteiger partial charge in [0.15, 0.2) is 0 Å². The summed E-state index contributed by atoms with van der Waals surface area (Å²) < 4.78 is 72.7. The van der Waals surface area contributed by atoms with Crippen LogP contribution in [0.5, 0.6) is 0 Å². The minimum absolute atomic E-state index is 0.0544. The maximum absolute atomic E-state index is 13.1. The van der Waals surface area contributed by atoms with Gasteiger partial charge in [0.1, 0.15) is 0 Å². The van der Waals surface area contributed by atoms with E-state index in [-0.39, 0.29) is 35.5 Å². The Morgan fingerprint density at radius 2 is 1.68 bits per heavy atom. The van der Waals surface area contributed by atoms with Crippen LogP contribution in [0.4, 0.5) is 29.3 Å². The van der Waals surface area contributed by atoms with E-state index in [9.17, 15) is 26.4 Å². The van der Waals surface area contributed by atoms with E-state index in [1.54, 1.807) is 6.07 Å². The van der Waals surface area contributed by atoms with E-state index in [0.717, 1.165) is 36.1 Å². The van der Waals surface area contributed by atoms with Crippen molar-refractivity contribution in [3.63, 3.8) is 0 Å². The number of amides is 2. The molecule has 2 aliphatic rings. The number of urea groups is 1. The number of rotatable bonds is 7. The first-order chi connectivity index (χ1) is 18.1. The van der Waals surface area contributed by atoms with E-state index < -0.39 is 27.8 Å². The molecule has 0 atom stereocenters. The van der Waals surface area contributed by atoms with Gasteiger partial charge in [-0.1, -0.05) is 42.8 Å². The number of carbonyl (C=O) groups excluding carboxylic acids is 1. The average Bonchev–Trinajstić information content (AvgIpc) is 2.80. The van der Waals surface area contributed by atoms with Gasteiger partial charge in [-0.15, -0.1) is 0 Å². The number of nitrogens with one attached hydrogen (secondary N) is 3. The molecule has 0 unspecified atom stereocenters. The number of halogens is 3. The summed E-state index contributed by atoms with van der Waals surface area (Å²) in [6.45, 7) is 0.547. The summed E-state index contributed by atoms with van der Waals surface area (Å²) in [7, 11) is -3.90. The fourth-order valence-electron chi connectivity index (χ4n) is 4.40. The predicted octanol–water partition coefficient (Wildman–Crippen LogP) is 5.96. The van der Waals surface area contributed by atoms with Crippen LogP contribution in [0, 0.1) is 0 Å². The van der Waals surface area contributed by atoms with Crippen LogP contribution in [0.15, 0.2) is 71.6 Å². The second-order valence-corrected chi connectivity index (χ2v) is 11.2. The maximum atomic E-state index is 13.1. The highest BCUT2D eigenvalue weighted by molar-refractivity contribution is 7.89. The highest BCUT2D eigenvalue weighted by Crippen LogP contribution is 2.39. The van der Waals surface area contributed by atoms with Gasteiger partial charge in [-0.2, -0.15) is 13.2 Å². The third kappa shape index (κ3) is 5.85. The zero-order valence-electron chi connectivity index (χ0n) is 20.2. The van der Waals surface area contributed by atoms with Crippen LogP contribution >= 0.6 is 0 Å². The van der Waals surface area contributed by atoms with Gasteiger partial charge >= 0.3 is 12.2 Å². The molecule has 0 bridgehead atoms. The quantitative estimate of drug-likeness (QED) is 0.341. The predicted molar refractivity (Wildman–Crippen MR) is 137 cm³/mol. The highest BCUT2D eigenvalue weighted by Gasteiger charge is 2.31. The van der Waals surface area contributed by atoms with Gasteiger partial charge in [-0.25, -0.2) is 17.9 Å². The Kier molecular flexibility index (Phi) is 7.17. The molecule has 1 saturated carbocycles. The number of hydrogen-bond acceptors (Lipinski definition) is 4. The van der Waals surface area contributed by atoms with E-state index in [1.165, 1.54) is 30.7 Å². The molecule has 3 aromatic rings. The monoisotopic (exact) mass is 545 g/mol. The first-order valence-corrected chi connectivity index (χ1v) is 13.7. The van der Waals surface area contributed by atoms with Crippen molar-refractivity contribution in [2.45, 2.75) is 42.3 Å². The number of ether oxygens (including phenoxy) is 1. The van der Waals surface area contributed by atoms with Gasteiger partial charge < -0.3 is 15.4 Å². The van der Waals surface area contributed by atoms with Crippen molar-refractivity contribution < 1.29 is 31.1 Å². The number of benzene rings is 3. The minimum Gasteiger partial charge on any atom is -0.378 e. The third-order valence-electron chi connectivity index (χ3n) is 6.73. The van der Waals surface area contributed by atoms with E-state index in [4.69, 9.17) is 4.74 Å². The lowest BCUT2D eigenvalue weighted by Crippen LogP contribution is -2.48. The van der Waals surface area contributed by atoms with Gasteiger partial charge in [0.2, 0.25) is 10.0 Å². The molecule has 2 fully saturated rings. The molecule has 200 valence electrons. The highest BCUT2D eigenvalue weighted by atomic mass is 32.2. The van der Waals surface area contributed by atoms with E-state index in [2.05, 4.69) is 15.4 Å². The third-order valence-corrected chi connectivity index (χ3v) is 8.25. The van der Waals surface area contributed by atoms with Crippen molar-refractivity contribution in [3.05, 3.63) is 77.9 Å². The molecule has 0 spiro atoms. The summed E-state index contributed by atoms with van der Waals surface area (Å²) in [6, 6.07) is 15.4. The summed E-state index contributed by atoms with van der Waals surface area (Å²) in [5, 5.41) is 5.04. The van der Waals surface area contributed by atoms with Crippen LogP contribution in [0.1, 0.15) is 36.3 Å². The lowest BCUT2D eigenvalue weighted by atomic mass is 9.79.